The molecule has 20 heavy (non-hydrogen) atoms. The number of rotatable bonds is 2. The lowest BCUT2D eigenvalue weighted by Crippen LogP contribution is -2.35. The molecule has 1 N–H and O–H groups in total. The molecule has 0 amide bonds. The summed E-state index contributed by atoms with van der Waals surface area (Å²) in [5.41, 5.74) is 1.00. The van der Waals surface area contributed by atoms with Crippen LogP contribution in [-0.2, 0) is 4.74 Å². The zero-order valence-corrected chi connectivity index (χ0v) is 11.5. The number of thiophene rings is 1. The van der Waals surface area contributed by atoms with E-state index in [1.54, 1.807) is 11.3 Å². The van der Waals surface area contributed by atoms with E-state index in [9.17, 15) is 0 Å². The Morgan fingerprint density at radius 1 is 1.30 bits per heavy atom. The average Bonchev–Trinajstić information content (AvgIpc) is 3.14. The van der Waals surface area contributed by atoms with Crippen molar-refractivity contribution >= 4 is 21.4 Å². The van der Waals surface area contributed by atoms with Gasteiger partial charge < -0.3 is 14.6 Å². The summed E-state index contributed by atoms with van der Waals surface area (Å²) in [5.74, 6) is 1.24. The summed E-state index contributed by atoms with van der Waals surface area (Å²) in [4.78, 5) is 4.51. The molecule has 3 aromatic rings. The fraction of sp³-hybridized carbons (Fsp3) is 0.286. The first-order chi connectivity index (χ1) is 9.92. The van der Waals surface area contributed by atoms with Crippen LogP contribution in [0.1, 0.15) is 11.9 Å². The normalized spacial score (nSPS) is 19.5. The highest BCUT2D eigenvalue weighted by atomic mass is 32.1. The van der Waals surface area contributed by atoms with E-state index in [-0.39, 0.29) is 6.04 Å². The monoisotopic (exact) mass is 287 g/mol. The van der Waals surface area contributed by atoms with Gasteiger partial charge in [-0.05, 0) is 6.07 Å². The zero-order valence-electron chi connectivity index (χ0n) is 10.7. The van der Waals surface area contributed by atoms with Gasteiger partial charge >= 0.3 is 0 Å². The van der Waals surface area contributed by atoms with Crippen LogP contribution in [0.15, 0.2) is 34.2 Å². The van der Waals surface area contributed by atoms with Gasteiger partial charge in [-0.3, -0.25) is 0 Å². The minimum Gasteiger partial charge on any atom is -0.378 e. The molecule has 1 fully saturated rings. The lowest BCUT2D eigenvalue weighted by Gasteiger charge is -2.20. The standard InChI is InChI=1S/C14H13N3O2S/c1-2-4-12-9(3-1)10(8-20-12)14-16-13(17-19-14)11-7-18-6-5-15-11/h1-4,8,11,15H,5-7H2. The van der Waals surface area contributed by atoms with Crippen molar-refractivity contribution in [3.63, 3.8) is 0 Å². The van der Waals surface area contributed by atoms with Crippen molar-refractivity contribution in [3.05, 3.63) is 35.5 Å². The number of benzene rings is 1. The summed E-state index contributed by atoms with van der Waals surface area (Å²) in [6, 6.07) is 8.24. The number of nitrogens with zero attached hydrogens (tertiary/aromatic N) is 2. The fourth-order valence-corrected chi connectivity index (χ4v) is 3.30. The summed E-state index contributed by atoms with van der Waals surface area (Å²) in [6.07, 6.45) is 0. The molecule has 0 bridgehead atoms. The molecule has 102 valence electrons. The fourth-order valence-electron chi connectivity index (χ4n) is 2.36. The topological polar surface area (TPSA) is 60.2 Å². The van der Waals surface area contributed by atoms with E-state index >= 15 is 0 Å². The Hall–Kier alpha value is -1.76. The first-order valence-corrected chi connectivity index (χ1v) is 7.41. The molecular weight excluding hydrogens is 274 g/mol. The summed E-state index contributed by atoms with van der Waals surface area (Å²) in [7, 11) is 0. The van der Waals surface area contributed by atoms with Gasteiger partial charge in [0.25, 0.3) is 5.89 Å². The third-order valence-corrected chi connectivity index (χ3v) is 4.35. The third-order valence-electron chi connectivity index (χ3n) is 3.39. The smallest absolute Gasteiger partial charge is 0.259 e. The first-order valence-electron chi connectivity index (χ1n) is 6.53. The molecule has 0 radical (unpaired) electrons. The number of ether oxygens (including phenoxy) is 1. The maximum absolute atomic E-state index is 5.42. The van der Waals surface area contributed by atoms with Crippen molar-refractivity contribution in [3.8, 4) is 11.5 Å². The van der Waals surface area contributed by atoms with Crippen LogP contribution >= 0.6 is 11.3 Å². The van der Waals surface area contributed by atoms with Crippen LogP contribution in [-0.4, -0.2) is 29.9 Å². The summed E-state index contributed by atoms with van der Waals surface area (Å²) >= 11 is 1.69. The van der Waals surface area contributed by atoms with E-state index in [0.29, 0.717) is 18.3 Å². The lowest BCUT2D eigenvalue weighted by atomic mass is 10.2. The molecule has 1 unspecified atom stereocenters. The summed E-state index contributed by atoms with van der Waals surface area (Å²) in [5, 5.41) is 10.6. The molecule has 1 aliphatic heterocycles. The molecule has 1 saturated heterocycles. The number of nitrogens with one attached hydrogen (secondary N) is 1. The van der Waals surface area contributed by atoms with Gasteiger partial charge in [0.15, 0.2) is 5.82 Å². The molecule has 0 spiro atoms. The van der Waals surface area contributed by atoms with E-state index in [0.717, 1.165) is 24.1 Å². The summed E-state index contributed by atoms with van der Waals surface area (Å²) in [6.45, 7) is 2.13. The Morgan fingerprint density at radius 2 is 2.25 bits per heavy atom. The van der Waals surface area contributed by atoms with Gasteiger partial charge in [-0.1, -0.05) is 23.4 Å². The van der Waals surface area contributed by atoms with Gasteiger partial charge in [0.05, 0.1) is 24.8 Å². The van der Waals surface area contributed by atoms with Gasteiger partial charge in [0.2, 0.25) is 0 Å². The average molecular weight is 287 g/mol. The Kier molecular flexibility index (Phi) is 2.99. The Balaban J connectivity index is 1.70. The van der Waals surface area contributed by atoms with Crippen molar-refractivity contribution in [1.29, 1.82) is 0 Å². The highest BCUT2D eigenvalue weighted by Gasteiger charge is 2.22. The molecule has 1 aliphatic rings. The molecule has 1 aromatic carbocycles. The van der Waals surface area contributed by atoms with Crippen LogP contribution in [0.3, 0.4) is 0 Å². The number of morpholine rings is 1. The Morgan fingerprint density at radius 3 is 3.15 bits per heavy atom. The van der Waals surface area contributed by atoms with Crippen molar-refractivity contribution < 1.29 is 9.26 Å². The van der Waals surface area contributed by atoms with Crippen LogP contribution in [0.5, 0.6) is 0 Å². The molecule has 0 saturated carbocycles. The largest absolute Gasteiger partial charge is 0.378 e. The predicted octanol–water partition coefficient (Wildman–Crippen LogP) is 2.61. The third kappa shape index (κ3) is 2.02. The SMILES string of the molecule is c1ccc2c(-c3nc(C4COCCN4)no3)csc2c1. The molecule has 5 nitrogen and oxygen atoms in total. The number of hydrogen-bond acceptors (Lipinski definition) is 6. The second-order valence-corrected chi connectivity index (χ2v) is 5.60. The molecule has 6 heteroatoms. The van der Waals surface area contributed by atoms with E-state index in [2.05, 4.69) is 33.0 Å². The van der Waals surface area contributed by atoms with Crippen LogP contribution in [0, 0.1) is 0 Å². The quantitative estimate of drug-likeness (QED) is 0.785. The van der Waals surface area contributed by atoms with Crippen molar-refractivity contribution in [2.45, 2.75) is 6.04 Å². The zero-order chi connectivity index (χ0) is 13.4. The maximum Gasteiger partial charge on any atom is 0.259 e. The number of hydrogen-bond donors (Lipinski definition) is 1. The van der Waals surface area contributed by atoms with Crippen molar-refractivity contribution in [2.75, 3.05) is 19.8 Å². The van der Waals surface area contributed by atoms with Crippen LogP contribution in [0.2, 0.25) is 0 Å². The molecule has 3 heterocycles. The second kappa shape index (κ2) is 4.97. The first kappa shape index (κ1) is 12.0. The van der Waals surface area contributed by atoms with Gasteiger partial charge in [0, 0.05) is 22.0 Å². The van der Waals surface area contributed by atoms with Crippen molar-refractivity contribution in [2.24, 2.45) is 0 Å². The lowest BCUT2D eigenvalue weighted by molar-refractivity contribution is 0.0734. The second-order valence-electron chi connectivity index (χ2n) is 4.68. The number of aromatic nitrogens is 2. The minimum absolute atomic E-state index is 0.0196. The van der Waals surface area contributed by atoms with E-state index in [1.165, 1.54) is 4.70 Å². The Bertz CT molecular complexity index is 731. The van der Waals surface area contributed by atoms with Gasteiger partial charge in [0.1, 0.15) is 0 Å². The molecular formula is C14H13N3O2S. The molecule has 4 rings (SSSR count). The molecule has 1 atom stereocenters. The minimum atomic E-state index is 0.0196. The molecule has 2 aromatic heterocycles. The van der Waals surface area contributed by atoms with Crippen LogP contribution in [0.25, 0.3) is 21.5 Å². The van der Waals surface area contributed by atoms with Gasteiger partial charge in [-0.2, -0.15) is 4.98 Å². The van der Waals surface area contributed by atoms with Crippen molar-refractivity contribution in [1.82, 2.24) is 15.5 Å². The van der Waals surface area contributed by atoms with E-state index < -0.39 is 0 Å². The van der Waals surface area contributed by atoms with E-state index in [1.807, 2.05) is 12.1 Å². The number of fused-ring (bicyclic) bond motifs is 1. The predicted molar refractivity (Wildman–Crippen MR) is 76.7 cm³/mol. The maximum atomic E-state index is 5.42. The Labute approximate surface area is 119 Å². The van der Waals surface area contributed by atoms with Gasteiger partial charge in [-0.25, -0.2) is 0 Å². The van der Waals surface area contributed by atoms with Crippen LogP contribution < -0.4 is 5.32 Å². The summed E-state index contributed by atoms with van der Waals surface area (Å²) < 4.78 is 12.1. The highest BCUT2D eigenvalue weighted by molar-refractivity contribution is 7.17. The molecule has 0 aliphatic carbocycles. The van der Waals surface area contributed by atoms with Gasteiger partial charge in [-0.15, -0.1) is 11.3 Å². The highest BCUT2D eigenvalue weighted by Crippen LogP contribution is 2.33. The van der Waals surface area contributed by atoms with Crippen LogP contribution in [0.4, 0.5) is 0 Å². The van der Waals surface area contributed by atoms with E-state index in [4.69, 9.17) is 9.26 Å².